The lowest BCUT2D eigenvalue weighted by atomic mass is 10.1. The molecule has 7 heteroatoms. The van der Waals surface area contributed by atoms with Crippen molar-refractivity contribution in [3.8, 4) is 40.2 Å². The van der Waals surface area contributed by atoms with Crippen LogP contribution in [-0.2, 0) is 0 Å². The molecule has 118 valence electrons. The predicted molar refractivity (Wildman–Crippen MR) is 84.7 cm³/mol. The van der Waals surface area contributed by atoms with Crippen molar-refractivity contribution in [3.63, 3.8) is 0 Å². The molecule has 0 spiro atoms. The van der Waals surface area contributed by atoms with Crippen LogP contribution in [0.4, 0.5) is 0 Å². The summed E-state index contributed by atoms with van der Waals surface area (Å²) in [5.74, 6) is 2.73. The molecule has 0 saturated carbocycles. The first-order valence-corrected chi connectivity index (χ1v) is 6.91. The fourth-order valence-corrected chi connectivity index (χ4v) is 2.22. The van der Waals surface area contributed by atoms with Crippen molar-refractivity contribution < 1.29 is 14.2 Å². The zero-order valence-corrected chi connectivity index (χ0v) is 13.0. The van der Waals surface area contributed by atoms with Crippen LogP contribution in [-0.4, -0.2) is 41.5 Å². The molecule has 0 fully saturated rings. The predicted octanol–water partition coefficient (Wildman–Crippen LogP) is 2.56. The summed E-state index contributed by atoms with van der Waals surface area (Å²) in [5, 5.41) is 7.13. The summed E-state index contributed by atoms with van der Waals surface area (Å²) < 4.78 is 16.0. The van der Waals surface area contributed by atoms with Crippen LogP contribution in [0.1, 0.15) is 0 Å². The molecular weight excluding hydrogens is 296 g/mol. The zero-order valence-electron chi connectivity index (χ0n) is 13.0. The first-order valence-electron chi connectivity index (χ1n) is 6.91. The van der Waals surface area contributed by atoms with Gasteiger partial charge in [0.1, 0.15) is 5.69 Å². The maximum atomic E-state index is 5.35. The van der Waals surface area contributed by atoms with Crippen molar-refractivity contribution in [3.05, 3.63) is 36.5 Å². The van der Waals surface area contributed by atoms with Gasteiger partial charge in [-0.25, -0.2) is 4.98 Å². The lowest BCUT2D eigenvalue weighted by Gasteiger charge is -2.12. The number of aromatic amines is 1. The van der Waals surface area contributed by atoms with Crippen LogP contribution < -0.4 is 14.2 Å². The number of H-pyrrole nitrogens is 1. The van der Waals surface area contributed by atoms with Crippen LogP contribution in [0.25, 0.3) is 22.9 Å². The smallest absolute Gasteiger partial charge is 0.203 e. The van der Waals surface area contributed by atoms with Crippen molar-refractivity contribution in [2.24, 2.45) is 0 Å². The van der Waals surface area contributed by atoms with Gasteiger partial charge in [-0.15, -0.1) is 0 Å². The third-order valence-corrected chi connectivity index (χ3v) is 3.32. The molecule has 7 nitrogen and oxygen atoms in total. The third kappa shape index (κ3) is 2.80. The Hall–Kier alpha value is -3.09. The van der Waals surface area contributed by atoms with Gasteiger partial charge in [0.05, 0.1) is 21.3 Å². The lowest BCUT2D eigenvalue weighted by molar-refractivity contribution is 0.324. The second kappa shape index (κ2) is 6.35. The monoisotopic (exact) mass is 312 g/mol. The summed E-state index contributed by atoms with van der Waals surface area (Å²) in [6, 6.07) is 9.20. The van der Waals surface area contributed by atoms with Crippen LogP contribution in [0, 0.1) is 0 Å². The summed E-state index contributed by atoms with van der Waals surface area (Å²) in [5.41, 5.74) is 1.47. The van der Waals surface area contributed by atoms with Gasteiger partial charge in [0.15, 0.2) is 23.1 Å². The highest BCUT2D eigenvalue weighted by molar-refractivity contribution is 5.67. The van der Waals surface area contributed by atoms with E-state index in [2.05, 4.69) is 20.2 Å². The SMILES string of the molecule is COc1cc(-c2n[nH]c(-c3ccccn3)n2)cc(OC)c1OC. The second-order valence-electron chi connectivity index (χ2n) is 4.64. The molecule has 3 rings (SSSR count). The van der Waals surface area contributed by atoms with Gasteiger partial charge >= 0.3 is 0 Å². The third-order valence-electron chi connectivity index (χ3n) is 3.32. The van der Waals surface area contributed by atoms with E-state index in [1.54, 1.807) is 39.7 Å². The van der Waals surface area contributed by atoms with E-state index >= 15 is 0 Å². The Morgan fingerprint density at radius 1 is 0.957 bits per heavy atom. The number of hydrogen-bond acceptors (Lipinski definition) is 6. The number of ether oxygens (including phenoxy) is 3. The number of methoxy groups -OCH3 is 3. The molecule has 1 aromatic carbocycles. The van der Waals surface area contributed by atoms with Crippen molar-refractivity contribution in [1.82, 2.24) is 20.2 Å². The molecule has 1 N–H and O–H groups in total. The van der Waals surface area contributed by atoms with Gasteiger partial charge in [0.2, 0.25) is 5.75 Å². The highest BCUT2D eigenvalue weighted by Gasteiger charge is 2.16. The van der Waals surface area contributed by atoms with Gasteiger partial charge < -0.3 is 14.2 Å². The quantitative estimate of drug-likeness (QED) is 0.779. The Bertz CT molecular complexity index is 777. The molecule has 0 radical (unpaired) electrons. The Morgan fingerprint density at radius 3 is 2.26 bits per heavy atom. The van der Waals surface area contributed by atoms with Crippen molar-refractivity contribution >= 4 is 0 Å². The molecule has 2 heterocycles. The molecule has 0 aliphatic rings. The fraction of sp³-hybridized carbons (Fsp3) is 0.188. The molecule has 3 aromatic rings. The molecule has 0 aliphatic carbocycles. The van der Waals surface area contributed by atoms with Gasteiger partial charge in [0, 0.05) is 11.8 Å². The Balaban J connectivity index is 2.04. The molecule has 0 atom stereocenters. The zero-order chi connectivity index (χ0) is 16.2. The van der Waals surface area contributed by atoms with E-state index in [1.165, 1.54) is 0 Å². The Kier molecular flexibility index (Phi) is 4.09. The van der Waals surface area contributed by atoms with E-state index in [1.807, 2.05) is 18.2 Å². The molecule has 0 saturated heterocycles. The average molecular weight is 312 g/mol. The van der Waals surface area contributed by atoms with Crippen LogP contribution in [0.15, 0.2) is 36.5 Å². The van der Waals surface area contributed by atoms with Crippen molar-refractivity contribution in [2.75, 3.05) is 21.3 Å². The van der Waals surface area contributed by atoms with Gasteiger partial charge in [-0.1, -0.05) is 6.07 Å². The van der Waals surface area contributed by atoms with Crippen LogP contribution >= 0.6 is 0 Å². The molecule has 2 aromatic heterocycles. The molecule has 23 heavy (non-hydrogen) atoms. The molecular formula is C16H16N4O3. The topological polar surface area (TPSA) is 82.2 Å². The number of hydrogen-bond donors (Lipinski definition) is 1. The van der Waals surface area contributed by atoms with E-state index in [4.69, 9.17) is 14.2 Å². The Labute approximate surface area is 133 Å². The number of rotatable bonds is 5. The number of benzene rings is 1. The van der Waals surface area contributed by atoms with Gasteiger partial charge in [-0.2, -0.15) is 5.10 Å². The van der Waals surface area contributed by atoms with E-state index in [9.17, 15) is 0 Å². The molecule has 0 unspecified atom stereocenters. The number of pyridine rings is 1. The largest absolute Gasteiger partial charge is 0.493 e. The second-order valence-corrected chi connectivity index (χ2v) is 4.64. The molecule has 0 amide bonds. The first-order chi connectivity index (χ1) is 11.3. The minimum Gasteiger partial charge on any atom is -0.493 e. The van der Waals surface area contributed by atoms with E-state index in [-0.39, 0.29) is 0 Å². The van der Waals surface area contributed by atoms with Gasteiger partial charge in [-0.05, 0) is 24.3 Å². The highest BCUT2D eigenvalue weighted by Crippen LogP contribution is 2.40. The normalized spacial score (nSPS) is 10.4. The average Bonchev–Trinajstić information content (AvgIpc) is 3.11. The number of nitrogens with zero attached hydrogens (tertiary/aromatic N) is 3. The van der Waals surface area contributed by atoms with E-state index in [0.717, 1.165) is 11.3 Å². The minimum atomic E-state index is 0.518. The molecule has 0 bridgehead atoms. The standard InChI is InChI=1S/C16H16N4O3/c1-21-12-8-10(9-13(22-2)14(12)23-3)15-18-16(20-19-15)11-6-4-5-7-17-11/h4-9H,1-3H3,(H,18,19,20). The Morgan fingerprint density at radius 2 is 1.70 bits per heavy atom. The van der Waals surface area contributed by atoms with Crippen molar-refractivity contribution in [2.45, 2.75) is 0 Å². The fourth-order valence-electron chi connectivity index (χ4n) is 2.22. The van der Waals surface area contributed by atoms with E-state index in [0.29, 0.717) is 28.9 Å². The van der Waals surface area contributed by atoms with Crippen molar-refractivity contribution in [1.29, 1.82) is 0 Å². The summed E-state index contributed by atoms with van der Waals surface area (Å²) >= 11 is 0. The van der Waals surface area contributed by atoms with Gasteiger partial charge in [-0.3, -0.25) is 10.1 Å². The van der Waals surface area contributed by atoms with Crippen LogP contribution in [0.2, 0.25) is 0 Å². The first kappa shape index (κ1) is 14.8. The van der Waals surface area contributed by atoms with Gasteiger partial charge in [0.25, 0.3) is 0 Å². The van der Waals surface area contributed by atoms with E-state index < -0.39 is 0 Å². The maximum absolute atomic E-state index is 5.35. The summed E-state index contributed by atoms with van der Waals surface area (Å²) in [4.78, 5) is 8.72. The summed E-state index contributed by atoms with van der Waals surface area (Å²) in [6.07, 6.45) is 1.71. The highest BCUT2D eigenvalue weighted by atomic mass is 16.5. The lowest BCUT2D eigenvalue weighted by Crippen LogP contribution is -1.96. The number of aromatic nitrogens is 4. The number of nitrogens with one attached hydrogen (secondary N) is 1. The summed E-state index contributed by atoms with van der Waals surface area (Å²) in [6.45, 7) is 0. The van der Waals surface area contributed by atoms with Crippen LogP contribution in [0.5, 0.6) is 17.2 Å². The summed E-state index contributed by atoms with van der Waals surface area (Å²) in [7, 11) is 4.70. The molecule has 0 aliphatic heterocycles. The van der Waals surface area contributed by atoms with Crippen LogP contribution in [0.3, 0.4) is 0 Å². The minimum absolute atomic E-state index is 0.518. The maximum Gasteiger partial charge on any atom is 0.203 e.